The smallest absolute Gasteiger partial charge is 0.259 e. The van der Waals surface area contributed by atoms with E-state index in [1.165, 1.54) is 17.3 Å². The lowest BCUT2D eigenvalue weighted by Gasteiger charge is -2.32. The Labute approximate surface area is 161 Å². The molecule has 0 saturated carbocycles. The number of aromatic nitrogens is 1. The van der Waals surface area contributed by atoms with Crippen molar-refractivity contribution in [3.05, 3.63) is 58.3 Å². The van der Waals surface area contributed by atoms with Crippen molar-refractivity contribution in [3.63, 3.8) is 0 Å². The van der Waals surface area contributed by atoms with Crippen LogP contribution >= 0.6 is 0 Å². The summed E-state index contributed by atoms with van der Waals surface area (Å²) in [7, 11) is 4.10. The third kappa shape index (κ3) is 3.86. The number of hydrogen-bond acceptors (Lipinski definition) is 4. The summed E-state index contributed by atoms with van der Waals surface area (Å²) in [4.78, 5) is 21.5. The van der Waals surface area contributed by atoms with Crippen molar-refractivity contribution < 1.29 is 4.79 Å². The Morgan fingerprint density at radius 2 is 2.00 bits per heavy atom. The van der Waals surface area contributed by atoms with Crippen molar-refractivity contribution in [2.24, 2.45) is 0 Å². The molecule has 0 spiro atoms. The number of carbonyl (C=O) groups is 1. The first kappa shape index (κ1) is 19.1. The van der Waals surface area contributed by atoms with Gasteiger partial charge in [0.05, 0.1) is 5.56 Å². The zero-order chi connectivity index (χ0) is 19.8. The first-order valence-electron chi connectivity index (χ1n) is 9.19. The Kier molecular flexibility index (Phi) is 5.03. The number of nitriles is 1. The van der Waals surface area contributed by atoms with Crippen LogP contribution in [0.5, 0.6) is 0 Å². The van der Waals surface area contributed by atoms with E-state index in [0.717, 1.165) is 24.1 Å². The van der Waals surface area contributed by atoms with Gasteiger partial charge in [-0.25, -0.2) is 4.98 Å². The van der Waals surface area contributed by atoms with Crippen LogP contribution in [0.1, 0.15) is 53.4 Å². The molecule has 0 unspecified atom stereocenters. The second kappa shape index (κ2) is 7.13. The minimum absolute atomic E-state index is 0.0143. The second-order valence-electron chi connectivity index (χ2n) is 8.37. The zero-order valence-electron chi connectivity index (χ0n) is 16.7. The molecule has 140 valence electrons. The van der Waals surface area contributed by atoms with Crippen LogP contribution < -0.4 is 4.90 Å². The minimum Gasteiger partial charge on any atom is -0.305 e. The highest BCUT2D eigenvalue weighted by molar-refractivity contribution is 6.08. The molecule has 0 fully saturated rings. The van der Waals surface area contributed by atoms with Crippen LogP contribution in [0.3, 0.4) is 0 Å². The van der Waals surface area contributed by atoms with Crippen molar-refractivity contribution in [3.8, 4) is 6.07 Å². The topological polar surface area (TPSA) is 60.2 Å². The Bertz CT molecular complexity index is 902. The van der Waals surface area contributed by atoms with E-state index in [2.05, 4.69) is 42.8 Å². The molecule has 0 aliphatic carbocycles. The molecule has 27 heavy (non-hydrogen) atoms. The van der Waals surface area contributed by atoms with Crippen molar-refractivity contribution in [2.75, 3.05) is 25.5 Å². The number of amides is 1. The summed E-state index contributed by atoms with van der Waals surface area (Å²) in [5, 5.41) is 8.96. The Hall–Kier alpha value is -2.71. The standard InChI is InChI=1S/C22H26N4O/c1-22(2,3)17-10-16(14-25(4)5)18-8-9-26(21(27)19(18)11-17)20-7-6-15(12-23)13-24-20/h6-7,10-11,13H,8-9,14H2,1-5H3. The number of carbonyl (C=O) groups excluding carboxylic acids is 1. The molecule has 5 nitrogen and oxygen atoms in total. The first-order chi connectivity index (χ1) is 12.7. The predicted octanol–water partition coefficient (Wildman–Crippen LogP) is 3.52. The van der Waals surface area contributed by atoms with Crippen molar-refractivity contribution >= 4 is 11.7 Å². The molecule has 0 N–H and O–H groups in total. The molecule has 5 heteroatoms. The van der Waals surface area contributed by atoms with E-state index in [-0.39, 0.29) is 11.3 Å². The molecule has 1 amide bonds. The van der Waals surface area contributed by atoms with Crippen LogP contribution in [0.15, 0.2) is 30.5 Å². The SMILES string of the molecule is CN(C)Cc1cc(C(C)(C)C)cc2c1CCN(c1ccc(C#N)cn1)C2=O. The van der Waals surface area contributed by atoms with E-state index >= 15 is 0 Å². The molecule has 1 aliphatic heterocycles. The molecule has 0 radical (unpaired) electrons. The monoisotopic (exact) mass is 362 g/mol. The van der Waals surface area contributed by atoms with E-state index in [1.54, 1.807) is 17.0 Å². The van der Waals surface area contributed by atoms with E-state index in [4.69, 9.17) is 5.26 Å². The second-order valence-corrected chi connectivity index (χ2v) is 8.37. The lowest BCUT2D eigenvalue weighted by Crippen LogP contribution is -2.39. The molecule has 1 aromatic carbocycles. The van der Waals surface area contributed by atoms with Crippen LogP contribution in [-0.2, 0) is 18.4 Å². The number of benzene rings is 1. The Morgan fingerprint density at radius 1 is 1.26 bits per heavy atom. The lowest BCUT2D eigenvalue weighted by atomic mass is 9.81. The number of hydrogen-bond donors (Lipinski definition) is 0. The fourth-order valence-electron chi connectivity index (χ4n) is 3.43. The number of fused-ring (bicyclic) bond motifs is 1. The summed E-state index contributed by atoms with van der Waals surface area (Å²) >= 11 is 0. The van der Waals surface area contributed by atoms with Gasteiger partial charge in [-0.15, -0.1) is 0 Å². The maximum atomic E-state index is 13.3. The van der Waals surface area contributed by atoms with Gasteiger partial charge < -0.3 is 4.90 Å². The van der Waals surface area contributed by atoms with Crippen LogP contribution in [0.4, 0.5) is 5.82 Å². The fraction of sp³-hybridized carbons (Fsp3) is 0.409. The average molecular weight is 362 g/mol. The van der Waals surface area contributed by atoms with E-state index < -0.39 is 0 Å². The van der Waals surface area contributed by atoms with Gasteiger partial charge in [-0.1, -0.05) is 26.8 Å². The molecule has 3 rings (SSSR count). The average Bonchev–Trinajstić information content (AvgIpc) is 2.61. The third-order valence-electron chi connectivity index (χ3n) is 4.91. The maximum absolute atomic E-state index is 13.3. The molecule has 0 saturated heterocycles. The molecule has 0 bridgehead atoms. The van der Waals surface area contributed by atoms with Gasteiger partial charge >= 0.3 is 0 Å². The molecular formula is C22H26N4O. The van der Waals surface area contributed by atoms with Crippen LogP contribution in [0.2, 0.25) is 0 Å². The summed E-state index contributed by atoms with van der Waals surface area (Å²) in [6.07, 6.45) is 2.32. The Morgan fingerprint density at radius 3 is 2.56 bits per heavy atom. The van der Waals surface area contributed by atoms with E-state index in [1.807, 2.05) is 20.2 Å². The summed E-state index contributed by atoms with van der Waals surface area (Å²) < 4.78 is 0. The number of nitrogens with zero attached hydrogens (tertiary/aromatic N) is 4. The molecule has 2 aromatic rings. The summed E-state index contributed by atoms with van der Waals surface area (Å²) in [5.41, 5.74) is 4.77. The number of anilines is 1. The van der Waals surface area contributed by atoms with Crippen molar-refractivity contribution in [1.29, 1.82) is 5.26 Å². The highest BCUT2D eigenvalue weighted by Gasteiger charge is 2.30. The maximum Gasteiger partial charge on any atom is 0.259 e. The Balaban J connectivity index is 2.06. The fourth-order valence-corrected chi connectivity index (χ4v) is 3.43. The molecular weight excluding hydrogens is 336 g/mol. The van der Waals surface area contributed by atoms with Gasteiger partial charge in [-0.2, -0.15) is 5.26 Å². The highest BCUT2D eigenvalue weighted by Crippen LogP contribution is 2.32. The lowest BCUT2D eigenvalue weighted by molar-refractivity contribution is 0.0979. The van der Waals surface area contributed by atoms with E-state index in [0.29, 0.717) is 17.9 Å². The normalized spacial score (nSPS) is 14.3. The minimum atomic E-state index is -0.0364. The van der Waals surface area contributed by atoms with Gasteiger partial charge in [0, 0.05) is 24.8 Å². The molecule has 1 aliphatic rings. The molecule has 2 heterocycles. The van der Waals surface area contributed by atoms with Crippen molar-refractivity contribution in [2.45, 2.75) is 39.2 Å². The number of pyridine rings is 1. The summed E-state index contributed by atoms with van der Waals surface area (Å²) in [6.45, 7) is 7.92. The highest BCUT2D eigenvalue weighted by atomic mass is 16.2. The third-order valence-corrected chi connectivity index (χ3v) is 4.91. The zero-order valence-corrected chi connectivity index (χ0v) is 16.7. The van der Waals surface area contributed by atoms with E-state index in [9.17, 15) is 4.79 Å². The van der Waals surface area contributed by atoms with Gasteiger partial charge in [-0.3, -0.25) is 9.69 Å². The first-order valence-corrected chi connectivity index (χ1v) is 9.19. The summed E-state index contributed by atoms with van der Waals surface area (Å²) in [6, 6.07) is 9.81. The van der Waals surface area contributed by atoms with Gasteiger partial charge in [0.1, 0.15) is 11.9 Å². The quantitative estimate of drug-likeness (QED) is 0.838. The van der Waals surface area contributed by atoms with Crippen LogP contribution in [0, 0.1) is 11.3 Å². The number of rotatable bonds is 3. The predicted molar refractivity (Wildman–Crippen MR) is 107 cm³/mol. The van der Waals surface area contributed by atoms with Gasteiger partial charge in [-0.05, 0) is 60.8 Å². The van der Waals surface area contributed by atoms with Gasteiger partial charge in [0.15, 0.2) is 0 Å². The van der Waals surface area contributed by atoms with Gasteiger partial charge in [0.2, 0.25) is 0 Å². The largest absolute Gasteiger partial charge is 0.305 e. The molecule has 1 aromatic heterocycles. The summed E-state index contributed by atoms with van der Waals surface area (Å²) in [5.74, 6) is 0.583. The van der Waals surface area contributed by atoms with Crippen LogP contribution in [0.25, 0.3) is 0 Å². The molecule has 0 atom stereocenters. The van der Waals surface area contributed by atoms with Crippen LogP contribution in [-0.4, -0.2) is 36.4 Å². The van der Waals surface area contributed by atoms with Crippen molar-refractivity contribution in [1.82, 2.24) is 9.88 Å². The van der Waals surface area contributed by atoms with Gasteiger partial charge in [0.25, 0.3) is 5.91 Å².